The molecule has 2 N–H and O–H groups in total. The van der Waals surface area contributed by atoms with Crippen molar-refractivity contribution in [3.8, 4) is 0 Å². The molecule has 2 heterocycles. The van der Waals surface area contributed by atoms with Gasteiger partial charge in [0, 0.05) is 18.8 Å². The minimum Gasteiger partial charge on any atom is -0.358 e. The largest absolute Gasteiger partial charge is 0.358 e. The fraction of sp³-hybridized carbons (Fsp3) is 0.417. The number of aromatic nitrogens is 4. The first-order valence-corrected chi connectivity index (χ1v) is 6.46. The Kier molecular flexibility index (Phi) is 4.31. The van der Waals surface area contributed by atoms with Crippen LogP contribution in [0, 0.1) is 24.0 Å². The highest BCUT2D eigenvalue weighted by molar-refractivity contribution is 5.92. The first-order chi connectivity index (χ1) is 9.97. The van der Waals surface area contributed by atoms with Gasteiger partial charge in [-0.05, 0) is 31.3 Å². The van der Waals surface area contributed by atoms with Crippen molar-refractivity contribution >= 4 is 11.7 Å². The Morgan fingerprint density at radius 1 is 1.48 bits per heavy atom. The molecule has 9 nitrogen and oxygen atoms in total. The Morgan fingerprint density at radius 2 is 2.24 bits per heavy atom. The fourth-order valence-electron chi connectivity index (χ4n) is 1.94. The van der Waals surface area contributed by atoms with E-state index in [2.05, 4.69) is 20.6 Å². The minimum absolute atomic E-state index is 0.00724. The number of carbonyl (C=O) groups is 1. The van der Waals surface area contributed by atoms with Crippen LogP contribution in [0.5, 0.6) is 0 Å². The second-order valence-electron chi connectivity index (χ2n) is 4.66. The summed E-state index contributed by atoms with van der Waals surface area (Å²) in [5, 5.41) is 23.2. The summed E-state index contributed by atoms with van der Waals surface area (Å²) in [4.78, 5) is 21.6. The van der Waals surface area contributed by atoms with Crippen molar-refractivity contribution in [1.82, 2.24) is 25.3 Å². The zero-order valence-corrected chi connectivity index (χ0v) is 11.8. The van der Waals surface area contributed by atoms with Crippen LogP contribution in [-0.4, -0.2) is 37.4 Å². The number of hydrogen-bond acceptors (Lipinski definition) is 5. The predicted molar refractivity (Wildman–Crippen MR) is 73.9 cm³/mol. The van der Waals surface area contributed by atoms with E-state index in [1.54, 1.807) is 0 Å². The lowest BCUT2D eigenvalue weighted by Crippen LogP contribution is -2.25. The molecule has 21 heavy (non-hydrogen) atoms. The highest BCUT2D eigenvalue weighted by atomic mass is 16.6. The van der Waals surface area contributed by atoms with Crippen molar-refractivity contribution < 1.29 is 9.72 Å². The van der Waals surface area contributed by atoms with Crippen LogP contribution in [0.1, 0.15) is 28.3 Å². The number of amides is 1. The summed E-state index contributed by atoms with van der Waals surface area (Å²) < 4.78 is 1.88. The van der Waals surface area contributed by atoms with E-state index in [0.717, 1.165) is 17.5 Å². The van der Waals surface area contributed by atoms with Crippen molar-refractivity contribution in [3.63, 3.8) is 0 Å². The summed E-state index contributed by atoms with van der Waals surface area (Å²) in [6, 6.07) is 3.10. The second-order valence-corrected chi connectivity index (χ2v) is 4.66. The van der Waals surface area contributed by atoms with E-state index in [1.807, 2.05) is 24.6 Å². The summed E-state index contributed by atoms with van der Waals surface area (Å²) in [5.41, 5.74) is 2.04. The second kappa shape index (κ2) is 6.16. The minimum atomic E-state index is -0.632. The Hall–Kier alpha value is -2.71. The Balaban J connectivity index is 1.79. The van der Waals surface area contributed by atoms with Gasteiger partial charge in [0.15, 0.2) is 5.69 Å². The topological polar surface area (TPSA) is 119 Å². The van der Waals surface area contributed by atoms with Crippen LogP contribution in [0.15, 0.2) is 12.1 Å². The molecule has 0 saturated heterocycles. The predicted octanol–water partition coefficient (Wildman–Crippen LogP) is 0.951. The van der Waals surface area contributed by atoms with E-state index >= 15 is 0 Å². The van der Waals surface area contributed by atoms with Crippen LogP contribution in [0.3, 0.4) is 0 Å². The molecule has 0 bridgehead atoms. The van der Waals surface area contributed by atoms with E-state index in [9.17, 15) is 14.9 Å². The zero-order valence-electron chi connectivity index (χ0n) is 11.8. The molecule has 0 atom stereocenters. The third kappa shape index (κ3) is 3.65. The van der Waals surface area contributed by atoms with Crippen molar-refractivity contribution in [1.29, 1.82) is 0 Å². The molecular formula is C12H16N6O3. The quantitative estimate of drug-likeness (QED) is 0.467. The van der Waals surface area contributed by atoms with Crippen LogP contribution in [0.4, 0.5) is 5.82 Å². The number of carbonyl (C=O) groups excluding carboxylic acids is 1. The molecule has 2 rings (SSSR count). The van der Waals surface area contributed by atoms with E-state index < -0.39 is 10.8 Å². The van der Waals surface area contributed by atoms with Gasteiger partial charge in [-0.1, -0.05) is 5.10 Å². The van der Waals surface area contributed by atoms with Gasteiger partial charge in [-0.2, -0.15) is 5.10 Å². The summed E-state index contributed by atoms with van der Waals surface area (Å²) in [6.45, 7) is 5.04. The standard InChI is InChI=1S/C12H16N6O3/c1-8-6-9(2)17(16-8)5-3-4-13-12(19)10-7-11(15-14-10)18(20)21/h6-7H,3-5H2,1-2H3,(H,13,19)(H,14,15). The molecule has 1 amide bonds. The van der Waals surface area contributed by atoms with Crippen LogP contribution < -0.4 is 5.32 Å². The molecule has 0 fully saturated rings. The molecule has 0 aliphatic heterocycles. The zero-order chi connectivity index (χ0) is 15.4. The lowest BCUT2D eigenvalue weighted by Gasteiger charge is -2.05. The number of aromatic amines is 1. The average molecular weight is 292 g/mol. The van der Waals surface area contributed by atoms with Crippen molar-refractivity contribution in [3.05, 3.63) is 39.3 Å². The first kappa shape index (κ1) is 14.7. The summed E-state index contributed by atoms with van der Waals surface area (Å²) in [6.07, 6.45) is 0.709. The van der Waals surface area contributed by atoms with Crippen molar-refractivity contribution in [2.45, 2.75) is 26.8 Å². The number of H-pyrrole nitrogens is 1. The SMILES string of the molecule is Cc1cc(C)n(CCCNC(=O)c2cc([N+](=O)[O-])[nH]n2)n1. The molecule has 112 valence electrons. The van der Waals surface area contributed by atoms with Gasteiger partial charge in [-0.3, -0.25) is 9.48 Å². The molecule has 0 aromatic carbocycles. The van der Waals surface area contributed by atoms with Gasteiger partial charge in [0.25, 0.3) is 5.91 Å². The molecule has 0 aliphatic carbocycles. The van der Waals surface area contributed by atoms with Crippen LogP contribution in [0.25, 0.3) is 0 Å². The maximum Gasteiger partial charge on any atom is 0.343 e. The van der Waals surface area contributed by atoms with Gasteiger partial charge in [-0.15, -0.1) is 5.10 Å². The molecular weight excluding hydrogens is 276 g/mol. The average Bonchev–Trinajstić information content (AvgIpc) is 3.02. The maximum absolute atomic E-state index is 11.7. The Bertz CT molecular complexity index is 660. The number of nitrogens with zero attached hydrogens (tertiary/aromatic N) is 4. The maximum atomic E-state index is 11.7. The number of nitro groups is 1. The molecule has 0 aliphatic rings. The third-order valence-electron chi connectivity index (χ3n) is 2.93. The lowest BCUT2D eigenvalue weighted by atomic mass is 10.3. The molecule has 0 saturated carbocycles. The Labute approximate surface area is 120 Å². The number of aryl methyl sites for hydroxylation is 3. The van der Waals surface area contributed by atoms with Gasteiger partial charge in [-0.25, -0.2) is 0 Å². The first-order valence-electron chi connectivity index (χ1n) is 6.46. The smallest absolute Gasteiger partial charge is 0.343 e. The molecule has 9 heteroatoms. The van der Waals surface area contributed by atoms with Gasteiger partial charge >= 0.3 is 5.82 Å². The van der Waals surface area contributed by atoms with Crippen LogP contribution >= 0.6 is 0 Å². The molecule has 2 aromatic heterocycles. The van der Waals surface area contributed by atoms with E-state index in [1.165, 1.54) is 0 Å². The molecule has 0 radical (unpaired) electrons. The summed E-state index contributed by atoms with van der Waals surface area (Å²) in [5.74, 6) is -0.740. The van der Waals surface area contributed by atoms with Gasteiger partial charge in [0.2, 0.25) is 0 Å². The number of hydrogen-bond donors (Lipinski definition) is 2. The summed E-state index contributed by atoms with van der Waals surface area (Å²) in [7, 11) is 0. The Morgan fingerprint density at radius 3 is 2.81 bits per heavy atom. The molecule has 0 unspecified atom stereocenters. The molecule has 0 spiro atoms. The van der Waals surface area contributed by atoms with E-state index in [0.29, 0.717) is 19.5 Å². The van der Waals surface area contributed by atoms with Gasteiger partial charge in [0.05, 0.1) is 11.8 Å². The van der Waals surface area contributed by atoms with Crippen LogP contribution in [-0.2, 0) is 6.54 Å². The van der Waals surface area contributed by atoms with Crippen molar-refractivity contribution in [2.24, 2.45) is 0 Å². The van der Waals surface area contributed by atoms with Gasteiger partial charge in [0.1, 0.15) is 0 Å². The summed E-state index contributed by atoms with van der Waals surface area (Å²) >= 11 is 0. The highest BCUT2D eigenvalue weighted by Crippen LogP contribution is 2.07. The number of rotatable bonds is 6. The number of nitrogens with one attached hydrogen (secondary N) is 2. The third-order valence-corrected chi connectivity index (χ3v) is 2.93. The normalized spacial score (nSPS) is 10.6. The fourth-order valence-corrected chi connectivity index (χ4v) is 1.94. The van der Waals surface area contributed by atoms with E-state index in [-0.39, 0.29) is 11.5 Å². The monoisotopic (exact) mass is 292 g/mol. The van der Waals surface area contributed by atoms with E-state index in [4.69, 9.17) is 0 Å². The van der Waals surface area contributed by atoms with Gasteiger partial charge < -0.3 is 15.4 Å². The molecule has 2 aromatic rings. The highest BCUT2D eigenvalue weighted by Gasteiger charge is 2.15. The van der Waals surface area contributed by atoms with Crippen molar-refractivity contribution in [2.75, 3.05) is 6.54 Å². The van der Waals surface area contributed by atoms with Crippen LogP contribution in [0.2, 0.25) is 0 Å². The lowest BCUT2D eigenvalue weighted by molar-refractivity contribution is -0.389.